The first-order chi connectivity index (χ1) is 9.58. The second kappa shape index (κ2) is 4.70. The number of carbonyl (C=O) groups excluding carboxylic acids is 1. The average Bonchev–Trinajstić information content (AvgIpc) is 2.45. The van der Waals surface area contributed by atoms with Gasteiger partial charge in [0.05, 0.1) is 5.41 Å². The van der Waals surface area contributed by atoms with Crippen LogP contribution in [0, 0.1) is 5.41 Å². The molecule has 1 heterocycles. The zero-order valence-corrected chi connectivity index (χ0v) is 11.3. The molecule has 1 saturated heterocycles. The molecule has 0 amide bonds. The number of ketones is 1. The summed E-state index contributed by atoms with van der Waals surface area (Å²) in [6.45, 7) is 1.43. The Morgan fingerprint density at radius 2 is 1.65 bits per heavy atom. The lowest BCUT2D eigenvalue weighted by Gasteiger charge is -2.56. The molecule has 0 bridgehead atoms. The number of ether oxygens (including phenoxy) is 1. The molecule has 2 aliphatic rings. The number of hydrogen-bond donors (Lipinski definition) is 1. The summed E-state index contributed by atoms with van der Waals surface area (Å²) in [4.78, 5) is 23.5. The van der Waals surface area contributed by atoms with Crippen LogP contribution in [0.25, 0.3) is 0 Å². The van der Waals surface area contributed by atoms with E-state index in [4.69, 9.17) is 9.84 Å². The summed E-state index contributed by atoms with van der Waals surface area (Å²) in [5.41, 5.74) is 0.105. The topological polar surface area (TPSA) is 63.6 Å². The number of carbonyl (C=O) groups is 2. The Morgan fingerprint density at radius 1 is 1.05 bits per heavy atom. The Kier molecular flexibility index (Phi) is 3.13. The molecule has 1 aromatic carbocycles. The second-order valence-electron chi connectivity index (χ2n) is 6.05. The van der Waals surface area contributed by atoms with Crippen molar-refractivity contribution in [2.75, 3.05) is 13.2 Å². The molecule has 1 aliphatic heterocycles. The van der Waals surface area contributed by atoms with Crippen LogP contribution >= 0.6 is 0 Å². The predicted octanol–water partition coefficient (Wildman–Crippen LogP) is 2.17. The largest absolute Gasteiger partial charge is 0.475 e. The molecular formula is C16H18O4. The molecule has 1 saturated carbocycles. The van der Waals surface area contributed by atoms with Crippen molar-refractivity contribution in [1.29, 1.82) is 0 Å². The van der Waals surface area contributed by atoms with Gasteiger partial charge in [-0.3, -0.25) is 4.79 Å². The van der Waals surface area contributed by atoms with Crippen molar-refractivity contribution in [1.82, 2.24) is 0 Å². The summed E-state index contributed by atoms with van der Waals surface area (Å²) < 4.78 is 5.38. The number of Topliss-reactive ketones (excluding diaryl/α,β-unsaturated/α-hetero) is 1. The van der Waals surface area contributed by atoms with Crippen molar-refractivity contribution in [3.63, 3.8) is 0 Å². The average molecular weight is 274 g/mol. The van der Waals surface area contributed by atoms with Crippen molar-refractivity contribution < 1.29 is 19.4 Å². The number of aliphatic carboxylic acids is 1. The van der Waals surface area contributed by atoms with Crippen LogP contribution in [0.3, 0.4) is 0 Å². The van der Waals surface area contributed by atoms with Gasteiger partial charge in [0.2, 0.25) is 5.78 Å². The second-order valence-corrected chi connectivity index (χ2v) is 6.05. The maximum Gasteiger partial charge on any atom is 0.373 e. The van der Waals surface area contributed by atoms with Gasteiger partial charge in [0.1, 0.15) is 0 Å². The molecule has 0 unspecified atom stereocenters. The molecule has 1 spiro atoms. The fourth-order valence-corrected chi connectivity index (χ4v) is 3.84. The number of benzene rings is 1. The monoisotopic (exact) mass is 274 g/mol. The van der Waals surface area contributed by atoms with Crippen molar-refractivity contribution in [2.24, 2.45) is 5.41 Å². The van der Waals surface area contributed by atoms with E-state index in [2.05, 4.69) is 0 Å². The van der Waals surface area contributed by atoms with Gasteiger partial charge < -0.3 is 9.84 Å². The van der Waals surface area contributed by atoms with Crippen LogP contribution in [0.4, 0.5) is 0 Å². The lowest BCUT2D eigenvalue weighted by Crippen LogP contribution is -2.58. The lowest BCUT2D eigenvalue weighted by molar-refractivity contribution is -0.160. The van der Waals surface area contributed by atoms with E-state index in [9.17, 15) is 9.59 Å². The van der Waals surface area contributed by atoms with E-state index in [0.717, 1.165) is 18.4 Å². The first kappa shape index (κ1) is 13.3. The van der Waals surface area contributed by atoms with Gasteiger partial charge in [-0.25, -0.2) is 4.79 Å². The summed E-state index contributed by atoms with van der Waals surface area (Å²) in [6, 6.07) is 9.34. The molecule has 0 atom stereocenters. The Bertz CT molecular complexity index is 521. The molecule has 3 rings (SSSR count). The van der Waals surface area contributed by atoms with Crippen LogP contribution < -0.4 is 0 Å². The van der Waals surface area contributed by atoms with E-state index in [1.54, 1.807) is 0 Å². The highest BCUT2D eigenvalue weighted by atomic mass is 16.5. The first-order valence-electron chi connectivity index (χ1n) is 6.99. The van der Waals surface area contributed by atoms with E-state index < -0.39 is 17.2 Å². The SMILES string of the molecule is O=C(O)C(=O)C1(c2ccccc2)CC2(CCOCC2)C1. The van der Waals surface area contributed by atoms with E-state index in [0.29, 0.717) is 26.1 Å². The molecule has 0 radical (unpaired) electrons. The minimum atomic E-state index is -1.32. The molecule has 0 aromatic heterocycles. The molecule has 106 valence electrons. The maximum absolute atomic E-state index is 12.2. The first-order valence-corrected chi connectivity index (χ1v) is 6.99. The van der Waals surface area contributed by atoms with Gasteiger partial charge in [0.15, 0.2) is 0 Å². The highest BCUT2D eigenvalue weighted by Gasteiger charge is 2.60. The molecule has 1 N–H and O–H groups in total. The molecule has 1 aliphatic carbocycles. The van der Waals surface area contributed by atoms with Crippen LogP contribution in [0.15, 0.2) is 30.3 Å². The third-order valence-electron chi connectivity index (χ3n) is 4.86. The van der Waals surface area contributed by atoms with Crippen molar-refractivity contribution in [3.8, 4) is 0 Å². The Balaban J connectivity index is 1.92. The van der Waals surface area contributed by atoms with E-state index in [-0.39, 0.29) is 5.41 Å². The van der Waals surface area contributed by atoms with Crippen molar-refractivity contribution >= 4 is 11.8 Å². The quantitative estimate of drug-likeness (QED) is 0.858. The smallest absolute Gasteiger partial charge is 0.373 e. The van der Waals surface area contributed by atoms with Crippen molar-refractivity contribution in [2.45, 2.75) is 31.1 Å². The third-order valence-corrected chi connectivity index (χ3v) is 4.86. The molecule has 20 heavy (non-hydrogen) atoms. The third kappa shape index (κ3) is 1.95. The summed E-state index contributed by atoms with van der Waals surface area (Å²) in [5, 5.41) is 9.16. The van der Waals surface area contributed by atoms with Crippen LogP contribution in [0.5, 0.6) is 0 Å². The van der Waals surface area contributed by atoms with E-state index in [1.165, 1.54) is 0 Å². The number of hydrogen-bond acceptors (Lipinski definition) is 3. The normalized spacial score (nSPS) is 23.0. The Morgan fingerprint density at radius 3 is 2.20 bits per heavy atom. The van der Waals surface area contributed by atoms with Gasteiger partial charge in [-0.1, -0.05) is 30.3 Å². The molecule has 4 heteroatoms. The van der Waals surface area contributed by atoms with E-state index >= 15 is 0 Å². The fourth-order valence-electron chi connectivity index (χ4n) is 3.84. The highest BCUT2D eigenvalue weighted by molar-refractivity contribution is 6.36. The van der Waals surface area contributed by atoms with Crippen LogP contribution in [-0.4, -0.2) is 30.1 Å². The molecule has 2 fully saturated rings. The summed E-state index contributed by atoms with van der Waals surface area (Å²) in [6.07, 6.45) is 3.12. The lowest BCUT2D eigenvalue weighted by atomic mass is 9.46. The minimum Gasteiger partial charge on any atom is -0.475 e. The Hall–Kier alpha value is -1.68. The molecular weight excluding hydrogens is 256 g/mol. The molecule has 4 nitrogen and oxygen atoms in total. The highest BCUT2D eigenvalue weighted by Crippen LogP contribution is 2.60. The Labute approximate surface area is 117 Å². The van der Waals surface area contributed by atoms with E-state index in [1.807, 2.05) is 30.3 Å². The summed E-state index contributed by atoms with van der Waals surface area (Å²) in [5.74, 6) is -1.99. The van der Waals surface area contributed by atoms with Crippen LogP contribution in [0.1, 0.15) is 31.2 Å². The van der Waals surface area contributed by atoms with Crippen molar-refractivity contribution in [3.05, 3.63) is 35.9 Å². The van der Waals surface area contributed by atoms with Crippen LogP contribution in [0.2, 0.25) is 0 Å². The predicted molar refractivity (Wildman–Crippen MR) is 72.5 cm³/mol. The number of rotatable bonds is 3. The molecule has 1 aromatic rings. The summed E-state index contributed by atoms with van der Waals surface area (Å²) in [7, 11) is 0. The van der Waals surface area contributed by atoms with Gasteiger partial charge in [-0.15, -0.1) is 0 Å². The standard InChI is InChI=1S/C16H18O4/c17-13(14(18)19)16(12-4-2-1-3-5-12)10-15(11-16)6-8-20-9-7-15/h1-5H,6-11H2,(H,18,19). The fraction of sp³-hybridized carbons (Fsp3) is 0.500. The minimum absolute atomic E-state index is 0.0964. The summed E-state index contributed by atoms with van der Waals surface area (Å²) >= 11 is 0. The van der Waals surface area contributed by atoms with Gasteiger partial charge in [0.25, 0.3) is 0 Å². The van der Waals surface area contributed by atoms with Gasteiger partial charge in [0, 0.05) is 13.2 Å². The number of carboxylic acids is 1. The van der Waals surface area contributed by atoms with Gasteiger partial charge >= 0.3 is 5.97 Å². The zero-order chi connectivity index (χ0) is 14.2. The number of carboxylic acid groups (broad SMARTS) is 1. The van der Waals surface area contributed by atoms with Gasteiger partial charge in [-0.05, 0) is 36.7 Å². The van der Waals surface area contributed by atoms with Gasteiger partial charge in [-0.2, -0.15) is 0 Å². The van der Waals surface area contributed by atoms with Crippen LogP contribution in [-0.2, 0) is 19.7 Å². The zero-order valence-electron chi connectivity index (χ0n) is 11.3. The maximum atomic E-state index is 12.2.